The zero-order chi connectivity index (χ0) is 27.0. The van der Waals surface area contributed by atoms with Crippen LogP contribution in [0.1, 0.15) is 21.6 Å². The summed E-state index contributed by atoms with van der Waals surface area (Å²) in [5.74, 6) is 0.221. The van der Waals surface area contributed by atoms with Crippen LogP contribution in [0.15, 0.2) is 54.9 Å². The zero-order valence-corrected chi connectivity index (χ0v) is 20.3. The number of H-pyrrole nitrogens is 1. The first-order valence-corrected chi connectivity index (χ1v) is 11.4. The predicted molar refractivity (Wildman–Crippen MR) is 133 cm³/mol. The van der Waals surface area contributed by atoms with Crippen LogP contribution in [0.5, 0.6) is 17.2 Å². The molecule has 3 N–H and O–H groups in total. The quantitative estimate of drug-likeness (QED) is 0.286. The average Bonchev–Trinajstić information content (AvgIpc) is 3.51. The number of hydrogen-bond donors (Lipinski definition) is 3. The molecule has 0 fully saturated rings. The molecule has 0 bridgehead atoms. The van der Waals surface area contributed by atoms with E-state index in [9.17, 15) is 23.1 Å². The lowest BCUT2D eigenvalue weighted by Gasteiger charge is -2.13. The van der Waals surface area contributed by atoms with Crippen LogP contribution < -0.4 is 14.8 Å². The molecule has 0 radical (unpaired) electrons. The number of amides is 1. The molecule has 3 heterocycles. The SMILES string of the molecule is COc1ccc(-c2cc(C(F)(F)F)n3ncc(C(=O)NCCc4c[nH]c5ccc(O)cc45)c3n2)cc1OC. The van der Waals surface area contributed by atoms with Gasteiger partial charge in [0.2, 0.25) is 0 Å². The van der Waals surface area contributed by atoms with Crippen LogP contribution in [0.25, 0.3) is 27.8 Å². The van der Waals surface area contributed by atoms with Crippen LogP contribution in [0.3, 0.4) is 0 Å². The second-order valence-electron chi connectivity index (χ2n) is 8.44. The summed E-state index contributed by atoms with van der Waals surface area (Å²) in [6.07, 6.45) is -1.49. The topological polar surface area (TPSA) is 114 Å². The van der Waals surface area contributed by atoms with E-state index >= 15 is 0 Å². The van der Waals surface area contributed by atoms with Gasteiger partial charge in [0.25, 0.3) is 5.91 Å². The number of methoxy groups -OCH3 is 2. The van der Waals surface area contributed by atoms with Crippen molar-refractivity contribution in [3.63, 3.8) is 0 Å². The zero-order valence-electron chi connectivity index (χ0n) is 20.3. The van der Waals surface area contributed by atoms with E-state index in [0.29, 0.717) is 28.0 Å². The molecule has 5 aromatic rings. The monoisotopic (exact) mass is 525 g/mol. The van der Waals surface area contributed by atoms with Crippen molar-refractivity contribution in [3.05, 3.63) is 71.7 Å². The minimum atomic E-state index is -4.76. The second-order valence-corrected chi connectivity index (χ2v) is 8.44. The van der Waals surface area contributed by atoms with Gasteiger partial charge in [-0.25, -0.2) is 9.50 Å². The maximum Gasteiger partial charge on any atom is 0.433 e. The number of halogens is 3. The molecule has 0 saturated carbocycles. The summed E-state index contributed by atoms with van der Waals surface area (Å²) in [7, 11) is 2.86. The van der Waals surface area contributed by atoms with Gasteiger partial charge in [-0.2, -0.15) is 18.3 Å². The second kappa shape index (κ2) is 9.61. The molecule has 0 aliphatic rings. The molecule has 0 aliphatic heterocycles. The number of ether oxygens (including phenoxy) is 2. The van der Waals surface area contributed by atoms with E-state index < -0.39 is 17.8 Å². The molecule has 1 amide bonds. The minimum absolute atomic E-state index is 0.0149. The van der Waals surface area contributed by atoms with Crippen LogP contribution in [-0.4, -0.2) is 51.4 Å². The molecule has 2 aromatic carbocycles. The third-order valence-corrected chi connectivity index (χ3v) is 6.12. The van der Waals surface area contributed by atoms with Gasteiger partial charge < -0.3 is 24.9 Å². The smallest absolute Gasteiger partial charge is 0.433 e. The number of rotatable bonds is 7. The molecule has 0 aliphatic carbocycles. The largest absolute Gasteiger partial charge is 0.508 e. The summed E-state index contributed by atoms with van der Waals surface area (Å²) in [6, 6.07) is 10.4. The summed E-state index contributed by atoms with van der Waals surface area (Å²) >= 11 is 0. The third kappa shape index (κ3) is 4.56. The Kier molecular flexibility index (Phi) is 6.31. The Morgan fingerprint density at radius 3 is 2.63 bits per heavy atom. The molecule has 38 heavy (non-hydrogen) atoms. The highest BCUT2D eigenvalue weighted by Gasteiger charge is 2.36. The molecule has 0 spiro atoms. The Morgan fingerprint density at radius 2 is 1.89 bits per heavy atom. The van der Waals surface area contributed by atoms with Gasteiger partial charge in [-0.1, -0.05) is 0 Å². The van der Waals surface area contributed by atoms with E-state index in [1.54, 1.807) is 36.5 Å². The minimum Gasteiger partial charge on any atom is -0.508 e. The summed E-state index contributed by atoms with van der Waals surface area (Å²) in [5.41, 5.74) is 0.603. The van der Waals surface area contributed by atoms with Crippen molar-refractivity contribution in [2.45, 2.75) is 12.6 Å². The van der Waals surface area contributed by atoms with Gasteiger partial charge in [-0.3, -0.25) is 4.79 Å². The Balaban J connectivity index is 1.46. The number of aromatic amines is 1. The first-order valence-electron chi connectivity index (χ1n) is 11.4. The number of carbonyl (C=O) groups is 1. The van der Waals surface area contributed by atoms with Crippen LogP contribution in [0.2, 0.25) is 0 Å². The van der Waals surface area contributed by atoms with E-state index in [1.165, 1.54) is 20.3 Å². The standard InChI is InChI=1S/C26H22F3N5O4/c1-37-21-6-3-14(9-22(21)38-2)20-11-23(26(27,28)29)34-24(33-20)18(13-32-34)25(36)30-8-7-15-12-31-19-5-4-16(35)10-17(15)19/h3-6,9-13,31,35H,7-8H2,1-2H3,(H,30,36). The van der Waals surface area contributed by atoms with Gasteiger partial charge >= 0.3 is 6.18 Å². The Hall–Kier alpha value is -4.74. The molecular formula is C26H22F3N5O4. The first-order chi connectivity index (χ1) is 18.2. The molecule has 0 unspecified atom stereocenters. The van der Waals surface area contributed by atoms with Gasteiger partial charge in [-0.15, -0.1) is 0 Å². The number of benzene rings is 2. The normalized spacial score (nSPS) is 11.7. The fourth-order valence-electron chi connectivity index (χ4n) is 4.25. The summed E-state index contributed by atoms with van der Waals surface area (Å²) in [4.78, 5) is 20.4. The summed E-state index contributed by atoms with van der Waals surface area (Å²) in [5, 5.41) is 17.1. The molecule has 0 atom stereocenters. The molecule has 0 saturated heterocycles. The predicted octanol–water partition coefficient (Wildman–Crippen LogP) is 4.59. The Bertz CT molecular complexity index is 1660. The summed E-state index contributed by atoms with van der Waals surface area (Å²) in [6.45, 7) is 0.195. The Labute approximate surface area is 213 Å². The lowest BCUT2D eigenvalue weighted by Crippen LogP contribution is -2.26. The van der Waals surface area contributed by atoms with Crippen molar-refractivity contribution in [2.24, 2.45) is 0 Å². The van der Waals surface area contributed by atoms with Crippen molar-refractivity contribution in [1.29, 1.82) is 0 Å². The molecule has 5 rings (SSSR count). The molecule has 9 nitrogen and oxygen atoms in total. The number of fused-ring (bicyclic) bond motifs is 2. The number of hydrogen-bond acceptors (Lipinski definition) is 6. The average molecular weight is 525 g/mol. The number of aromatic hydroxyl groups is 1. The highest BCUT2D eigenvalue weighted by atomic mass is 19.4. The lowest BCUT2D eigenvalue weighted by atomic mass is 10.1. The van der Waals surface area contributed by atoms with Crippen molar-refractivity contribution < 1.29 is 32.5 Å². The van der Waals surface area contributed by atoms with Crippen LogP contribution in [0.4, 0.5) is 13.2 Å². The number of aromatic nitrogens is 4. The molecular weight excluding hydrogens is 503 g/mol. The summed E-state index contributed by atoms with van der Waals surface area (Å²) < 4.78 is 52.9. The van der Waals surface area contributed by atoms with E-state index in [1.807, 2.05) is 0 Å². The van der Waals surface area contributed by atoms with Crippen molar-refractivity contribution in [2.75, 3.05) is 20.8 Å². The maximum absolute atomic E-state index is 13.9. The molecule has 196 valence electrons. The van der Waals surface area contributed by atoms with Crippen molar-refractivity contribution in [3.8, 4) is 28.5 Å². The first kappa shape index (κ1) is 24.9. The number of carbonyl (C=O) groups excluding carboxylic acids is 1. The van der Waals surface area contributed by atoms with Gasteiger partial charge in [-0.05, 0) is 54.4 Å². The molecule has 3 aromatic heterocycles. The Morgan fingerprint density at radius 1 is 1.11 bits per heavy atom. The van der Waals surface area contributed by atoms with Crippen LogP contribution >= 0.6 is 0 Å². The maximum atomic E-state index is 13.9. The van der Waals surface area contributed by atoms with Gasteiger partial charge in [0.1, 0.15) is 11.3 Å². The van der Waals surface area contributed by atoms with E-state index in [-0.39, 0.29) is 29.2 Å². The van der Waals surface area contributed by atoms with Crippen LogP contribution in [-0.2, 0) is 12.6 Å². The van der Waals surface area contributed by atoms with Gasteiger partial charge in [0.05, 0.1) is 26.1 Å². The lowest BCUT2D eigenvalue weighted by molar-refractivity contribution is -0.142. The number of nitrogens with one attached hydrogen (secondary N) is 2. The number of alkyl halides is 3. The number of phenols is 1. The fraction of sp³-hybridized carbons (Fsp3) is 0.192. The van der Waals surface area contributed by atoms with Crippen LogP contribution in [0, 0.1) is 0 Å². The van der Waals surface area contributed by atoms with Crippen molar-refractivity contribution >= 4 is 22.5 Å². The van der Waals surface area contributed by atoms with E-state index in [0.717, 1.165) is 28.7 Å². The fourth-order valence-corrected chi connectivity index (χ4v) is 4.25. The molecule has 12 heteroatoms. The van der Waals surface area contributed by atoms with Crippen molar-refractivity contribution in [1.82, 2.24) is 24.9 Å². The number of nitrogens with zero attached hydrogens (tertiary/aromatic N) is 3. The van der Waals surface area contributed by atoms with E-state index in [4.69, 9.17) is 9.47 Å². The third-order valence-electron chi connectivity index (χ3n) is 6.12. The number of phenolic OH excluding ortho intramolecular Hbond substituents is 1. The highest BCUT2D eigenvalue weighted by Crippen LogP contribution is 2.36. The van der Waals surface area contributed by atoms with Gasteiger partial charge in [0, 0.05) is 29.2 Å². The van der Waals surface area contributed by atoms with E-state index in [2.05, 4.69) is 20.4 Å². The van der Waals surface area contributed by atoms with Gasteiger partial charge in [0.15, 0.2) is 22.8 Å². The highest BCUT2D eigenvalue weighted by molar-refractivity contribution is 6.00.